The zero-order valence-corrected chi connectivity index (χ0v) is 13.0. The number of hydrogen-bond acceptors (Lipinski definition) is 6. The lowest BCUT2D eigenvalue weighted by Gasteiger charge is -2.11. The standard InChI is InChI=1S/C16H20N4O3/c1-11-19-14(16(21)18-10-13-5-3-7-23-13)8-15(20-11)17-9-12-4-2-6-22-12/h2,4,6,8,13H,3,5,7,9-10H2,1H3,(H,18,21)(H,17,19,20). The second-order valence-electron chi connectivity index (χ2n) is 5.46. The molecule has 122 valence electrons. The van der Waals surface area contributed by atoms with Crippen LogP contribution >= 0.6 is 0 Å². The van der Waals surface area contributed by atoms with E-state index in [9.17, 15) is 4.79 Å². The van der Waals surface area contributed by atoms with E-state index in [1.807, 2.05) is 12.1 Å². The lowest BCUT2D eigenvalue weighted by molar-refractivity contribution is 0.0853. The molecule has 1 unspecified atom stereocenters. The Balaban J connectivity index is 1.60. The molecule has 7 nitrogen and oxygen atoms in total. The second kappa shape index (κ2) is 7.23. The molecule has 2 aromatic rings. The summed E-state index contributed by atoms with van der Waals surface area (Å²) >= 11 is 0. The van der Waals surface area contributed by atoms with Crippen LogP contribution in [-0.2, 0) is 11.3 Å². The van der Waals surface area contributed by atoms with Crippen LogP contribution in [0.5, 0.6) is 0 Å². The van der Waals surface area contributed by atoms with Crippen LogP contribution in [0.15, 0.2) is 28.9 Å². The topological polar surface area (TPSA) is 89.3 Å². The van der Waals surface area contributed by atoms with Crippen LogP contribution in [0.3, 0.4) is 0 Å². The number of anilines is 1. The van der Waals surface area contributed by atoms with Gasteiger partial charge in [0, 0.05) is 19.2 Å². The average Bonchev–Trinajstić information content (AvgIpc) is 3.23. The molecule has 1 saturated heterocycles. The number of aryl methyl sites for hydroxylation is 1. The summed E-state index contributed by atoms with van der Waals surface area (Å²) in [6.07, 6.45) is 3.76. The Hall–Kier alpha value is -2.41. The van der Waals surface area contributed by atoms with Crippen molar-refractivity contribution in [3.8, 4) is 0 Å². The van der Waals surface area contributed by atoms with Crippen molar-refractivity contribution < 1.29 is 13.9 Å². The largest absolute Gasteiger partial charge is 0.467 e. The Bertz CT molecular complexity index is 651. The highest BCUT2D eigenvalue weighted by atomic mass is 16.5. The first kappa shape index (κ1) is 15.5. The molecule has 2 N–H and O–H groups in total. The lowest BCUT2D eigenvalue weighted by Crippen LogP contribution is -2.32. The molecule has 0 aromatic carbocycles. The van der Waals surface area contributed by atoms with E-state index in [-0.39, 0.29) is 12.0 Å². The normalized spacial score (nSPS) is 17.2. The molecule has 1 atom stereocenters. The quantitative estimate of drug-likeness (QED) is 0.846. The van der Waals surface area contributed by atoms with Gasteiger partial charge in [0.25, 0.3) is 5.91 Å². The number of hydrogen-bond donors (Lipinski definition) is 2. The van der Waals surface area contributed by atoms with Crippen LogP contribution < -0.4 is 10.6 Å². The Morgan fingerprint density at radius 3 is 3.09 bits per heavy atom. The summed E-state index contributed by atoms with van der Waals surface area (Å²) in [6, 6.07) is 5.34. The van der Waals surface area contributed by atoms with E-state index in [4.69, 9.17) is 9.15 Å². The summed E-state index contributed by atoms with van der Waals surface area (Å²) in [6.45, 7) is 3.54. The van der Waals surface area contributed by atoms with Crippen molar-refractivity contribution in [1.29, 1.82) is 0 Å². The Morgan fingerprint density at radius 1 is 1.43 bits per heavy atom. The van der Waals surface area contributed by atoms with Crippen molar-refractivity contribution in [3.63, 3.8) is 0 Å². The van der Waals surface area contributed by atoms with Crippen molar-refractivity contribution in [2.45, 2.75) is 32.4 Å². The molecule has 23 heavy (non-hydrogen) atoms. The minimum Gasteiger partial charge on any atom is -0.467 e. The van der Waals surface area contributed by atoms with Gasteiger partial charge in [0.15, 0.2) is 0 Å². The number of furan rings is 1. The average molecular weight is 316 g/mol. The van der Waals surface area contributed by atoms with Gasteiger partial charge in [-0.15, -0.1) is 0 Å². The molecule has 7 heteroatoms. The molecule has 1 fully saturated rings. The summed E-state index contributed by atoms with van der Waals surface area (Å²) in [5, 5.41) is 6.00. The number of nitrogens with zero attached hydrogens (tertiary/aromatic N) is 2. The van der Waals surface area contributed by atoms with Gasteiger partial charge in [0.2, 0.25) is 0 Å². The minimum atomic E-state index is -0.216. The molecule has 0 radical (unpaired) electrons. The summed E-state index contributed by atoms with van der Waals surface area (Å²) in [5.74, 6) is 1.71. The molecule has 1 amide bonds. The monoisotopic (exact) mass is 316 g/mol. The zero-order chi connectivity index (χ0) is 16.1. The maximum atomic E-state index is 12.2. The maximum Gasteiger partial charge on any atom is 0.270 e. The number of nitrogens with one attached hydrogen (secondary N) is 2. The predicted molar refractivity (Wildman–Crippen MR) is 84.1 cm³/mol. The van der Waals surface area contributed by atoms with Gasteiger partial charge < -0.3 is 19.8 Å². The first-order chi connectivity index (χ1) is 11.2. The van der Waals surface area contributed by atoms with Gasteiger partial charge in [-0.1, -0.05) is 0 Å². The molecule has 0 spiro atoms. The SMILES string of the molecule is Cc1nc(NCc2ccco2)cc(C(=O)NCC2CCCO2)n1. The smallest absolute Gasteiger partial charge is 0.270 e. The molecule has 3 rings (SSSR count). The summed E-state index contributed by atoms with van der Waals surface area (Å²) < 4.78 is 10.8. The first-order valence-corrected chi connectivity index (χ1v) is 7.72. The third-order valence-electron chi connectivity index (χ3n) is 3.61. The molecule has 3 heterocycles. The van der Waals surface area contributed by atoms with E-state index in [2.05, 4.69) is 20.6 Å². The number of ether oxygens (including phenoxy) is 1. The number of carbonyl (C=O) groups is 1. The van der Waals surface area contributed by atoms with Crippen LogP contribution in [0.1, 0.15) is 34.9 Å². The van der Waals surface area contributed by atoms with Gasteiger partial charge >= 0.3 is 0 Å². The highest BCUT2D eigenvalue weighted by Crippen LogP contribution is 2.12. The Labute approximate surface area is 134 Å². The van der Waals surface area contributed by atoms with Crippen molar-refractivity contribution in [1.82, 2.24) is 15.3 Å². The third kappa shape index (κ3) is 4.29. The lowest BCUT2D eigenvalue weighted by atomic mass is 10.2. The van der Waals surface area contributed by atoms with Gasteiger partial charge in [-0.3, -0.25) is 4.79 Å². The van der Waals surface area contributed by atoms with Crippen molar-refractivity contribution >= 4 is 11.7 Å². The van der Waals surface area contributed by atoms with E-state index in [0.717, 1.165) is 25.2 Å². The predicted octanol–water partition coefficient (Wildman–Crippen LogP) is 1.90. The number of amides is 1. The van der Waals surface area contributed by atoms with E-state index >= 15 is 0 Å². The zero-order valence-electron chi connectivity index (χ0n) is 13.0. The number of aromatic nitrogens is 2. The molecule has 1 aliphatic rings. The van der Waals surface area contributed by atoms with E-state index < -0.39 is 0 Å². The highest BCUT2D eigenvalue weighted by molar-refractivity contribution is 5.92. The molecule has 2 aromatic heterocycles. The van der Waals surface area contributed by atoms with Crippen molar-refractivity contribution in [2.24, 2.45) is 0 Å². The van der Waals surface area contributed by atoms with Gasteiger partial charge in [-0.2, -0.15) is 0 Å². The molecular formula is C16H20N4O3. The summed E-state index contributed by atoms with van der Waals surface area (Å²) in [5.41, 5.74) is 0.345. The van der Waals surface area contributed by atoms with E-state index in [1.165, 1.54) is 0 Å². The molecule has 0 aliphatic carbocycles. The fourth-order valence-electron chi connectivity index (χ4n) is 2.47. The van der Waals surface area contributed by atoms with Crippen LogP contribution in [-0.4, -0.2) is 35.1 Å². The highest BCUT2D eigenvalue weighted by Gasteiger charge is 2.17. The second-order valence-corrected chi connectivity index (χ2v) is 5.46. The Morgan fingerprint density at radius 2 is 2.35 bits per heavy atom. The molecular weight excluding hydrogens is 296 g/mol. The van der Waals surface area contributed by atoms with Gasteiger partial charge in [0.05, 0.1) is 18.9 Å². The fourth-order valence-corrected chi connectivity index (χ4v) is 2.47. The van der Waals surface area contributed by atoms with Crippen LogP contribution in [0.25, 0.3) is 0 Å². The Kier molecular flexibility index (Phi) is 4.87. The van der Waals surface area contributed by atoms with Gasteiger partial charge in [-0.25, -0.2) is 9.97 Å². The van der Waals surface area contributed by atoms with E-state index in [0.29, 0.717) is 30.4 Å². The van der Waals surface area contributed by atoms with Crippen molar-refractivity contribution in [2.75, 3.05) is 18.5 Å². The van der Waals surface area contributed by atoms with Gasteiger partial charge in [-0.05, 0) is 31.9 Å². The summed E-state index contributed by atoms with van der Waals surface area (Å²) in [7, 11) is 0. The molecule has 0 saturated carbocycles. The third-order valence-corrected chi connectivity index (χ3v) is 3.61. The number of rotatable bonds is 6. The summed E-state index contributed by atoms with van der Waals surface area (Å²) in [4.78, 5) is 20.7. The van der Waals surface area contributed by atoms with Gasteiger partial charge in [0.1, 0.15) is 23.1 Å². The maximum absolute atomic E-state index is 12.2. The molecule has 0 bridgehead atoms. The minimum absolute atomic E-state index is 0.110. The van der Waals surface area contributed by atoms with Crippen LogP contribution in [0, 0.1) is 6.92 Å². The van der Waals surface area contributed by atoms with Crippen LogP contribution in [0.4, 0.5) is 5.82 Å². The molecule has 1 aliphatic heterocycles. The van der Waals surface area contributed by atoms with E-state index in [1.54, 1.807) is 19.3 Å². The first-order valence-electron chi connectivity index (χ1n) is 7.72. The van der Waals surface area contributed by atoms with Crippen molar-refractivity contribution in [3.05, 3.63) is 41.7 Å². The van der Waals surface area contributed by atoms with Crippen LogP contribution in [0.2, 0.25) is 0 Å². The number of carbonyl (C=O) groups excluding carboxylic acids is 1. The fraction of sp³-hybridized carbons (Fsp3) is 0.438.